The van der Waals surface area contributed by atoms with Crippen molar-refractivity contribution in [1.29, 1.82) is 5.26 Å². The molecule has 15 heavy (non-hydrogen) atoms. The van der Waals surface area contributed by atoms with Crippen LogP contribution in [0.3, 0.4) is 0 Å². The maximum atomic E-state index is 9.21. The van der Waals surface area contributed by atoms with Crippen molar-refractivity contribution in [2.45, 2.75) is 13.0 Å². The Kier molecular flexibility index (Phi) is 4.41. The molecule has 1 atom stereocenters. The van der Waals surface area contributed by atoms with E-state index in [1.54, 1.807) is 18.2 Å². The molecule has 0 aromatic heterocycles. The summed E-state index contributed by atoms with van der Waals surface area (Å²) in [6, 6.07) is 7.21. The van der Waals surface area contributed by atoms with Gasteiger partial charge in [0.05, 0.1) is 17.5 Å². The van der Waals surface area contributed by atoms with Crippen LogP contribution in [0.15, 0.2) is 18.2 Å². The van der Waals surface area contributed by atoms with Crippen molar-refractivity contribution < 1.29 is 9.84 Å². The summed E-state index contributed by atoms with van der Waals surface area (Å²) in [6.07, 6.45) is -0.684. The van der Waals surface area contributed by atoms with E-state index in [0.29, 0.717) is 11.3 Å². The molecule has 4 heteroatoms. The summed E-state index contributed by atoms with van der Waals surface area (Å²) >= 11 is 5.43. The van der Waals surface area contributed by atoms with Crippen molar-refractivity contribution in [3.05, 3.63) is 29.3 Å². The molecule has 1 rings (SSSR count). The summed E-state index contributed by atoms with van der Waals surface area (Å²) in [5, 5.41) is 17.9. The van der Waals surface area contributed by atoms with E-state index in [2.05, 4.69) is 0 Å². The average Bonchev–Trinajstić information content (AvgIpc) is 2.27. The van der Waals surface area contributed by atoms with E-state index in [9.17, 15) is 5.11 Å². The second-order valence-electron chi connectivity index (χ2n) is 3.21. The predicted molar refractivity (Wildman–Crippen MR) is 58.1 cm³/mol. The maximum absolute atomic E-state index is 9.21. The highest BCUT2D eigenvalue weighted by molar-refractivity contribution is 6.18. The molecule has 0 heterocycles. The van der Waals surface area contributed by atoms with Crippen LogP contribution in [0.2, 0.25) is 0 Å². The molecular formula is C11H12ClNO2. The van der Waals surface area contributed by atoms with Crippen LogP contribution in [-0.4, -0.2) is 23.7 Å². The summed E-state index contributed by atoms with van der Waals surface area (Å²) in [4.78, 5) is 0. The van der Waals surface area contributed by atoms with Crippen LogP contribution in [-0.2, 0) is 0 Å². The third kappa shape index (κ3) is 3.43. The minimum Gasteiger partial charge on any atom is -0.491 e. The molecule has 0 aliphatic rings. The molecule has 0 fully saturated rings. The number of halogens is 1. The summed E-state index contributed by atoms with van der Waals surface area (Å²) in [6.45, 7) is 2.02. The number of aliphatic hydroxyl groups excluding tert-OH is 1. The van der Waals surface area contributed by atoms with Crippen LogP contribution < -0.4 is 4.74 Å². The molecular weight excluding hydrogens is 214 g/mol. The number of aryl methyl sites for hydroxylation is 1. The smallest absolute Gasteiger partial charge is 0.123 e. The van der Waals surface area contributed by atoms with Crippen molar-refractivity contribution in [3.8, 4) is 11.8 Å². The summed E-state index contributed by atoms with van der Waals surface area (Å²) < 4.78 is 5.35. The van der Waals surface area contributed by atoms with Crippen LogP contribution >= 0.6 is 11.6 Å². The number of hydrogen-bond donors (Lipinski definition) is 1. The third-order valence-corrected chi connectivity index (χ3v) is 2.28. The Balaban J connectivity index is 2.72. The highest BCUT2D eigenvalue weighted by Gasteiger charge is 2.05. The van der Waals surface area contributed by atoms with Crippen molar-refractivity contribution >= 4 is 11.6 Å². The van der Waals surface area contributed by atoms with Gasteiger partial charge in [-0.15, -0.1) is 11.6 Å². The molecule has 0 bridgehead atoms. The molecule has 1 N–H and O–H groups in total. The molecule has 3 nitrogen and oxygen atoms in total. The number of ether oxygens (including phenoxy) is 1. The Morgan fingerprint density at radius 1 is 1.60 bits per heavy atom. The lowest BCUT2D eigenvalue weighted by atomic mass is 10.1. The SMILES string of the molecule is Cc1ccc(C#N)cc1OCC(O)CCl. The van der Waals surface area contributed by atoms with Crippen molar-refractivity contribution in [1.82, 2.24) is 0 Å². The Bertz CT molecular complexity index is 373. The van der Waals surface area contributed by atoms with Crippen LogP contribution in [0.5, 0.6) is 5.75 Å². The molecule has 0 saturated carbocycles. The zero-order valence-electron chi connectivity index (χ0n) is 8.40. The molecule has 0 aliphatic carbocycles. The minimum atomic E-state index is -0.684. The normalized spacial score (nSPS) is 11.9. The maximum Gasteiger partial charge on any atom is 0.123 e. The van der Waals surface area contributed by atoms with Gasteiger partial charge in [-0.1, -0.05) is 6.07 Å². The fourth-order valence-electron chi connectivity index (χ4n) is 1.06. The number of aliphatic hydroxyl groups is 1. The van der Waals surface area contributed by atoms with E-state index < -0.39 is 6.10 Å². The summed E-state index contributed by atoms with van der Waals surface area (Å²) in [5.74, 6) is 0.745. The van der Waals surface area contributed by atoms with Gasteiger partial charge in [-0.2, -0.15) is 5.26 Å². The zero-order valence-corrected chi connectivity index (χ0v) is 9.16. The second kappa shape index (κ2) is 5.59. The molecule has 1 aromatic carbocycles. The van der Waals surface area contributed by atoms with Crippen LogP contribution in [0, 0.1) is 18.3 Å². The first-order valence-corrected chi connectivity index (χ1v) is 5.08. The van der Waals surface area contributed by atoms with Gasteiger partial charge in [0.2, 0.25) is 0 Å². The Hall–Kier alpha value is -1.24. The highest BCUT2D eigenvalue weighted by Crippen LogP contribution is 2.19. The van der Waals surface area contributed by atoms with E-state index in [-0.39, 0.29) is 12.5 Å². The van der Waals surface area contributed by atoms with Crippen molar-refractivity contribution in [3.63, 3.8) is 0 Å². The first-order valence-electron chi connectivity index (χ1n) is 4.55. The first-order chi connectivity index (χ1) is 7.17. The van der Waals surface area contributed by atoms with E-state index in [1.807, 2.05) is 13.0 Å². The Morgan fingerprint density at radius 3 is 2.93 bits per heavy atom. The Labute approximate surface area is 93.9 Å². The minimum absolute atomic E-state index is 0.136. The molecule has 80 valence electrons. The van der Waals surface area contributed by atoms with Crippen molar-refractivity contribution in [2.75, 3.05) is 12.5 Å². The second-order valence-corrected chi connectivity index (χ2v) is 3.52. The lowest BCUT2D eigenvalue weighted by Crippen LogP contribution is -2.19. The molecule has 1 aromatic rings. The zero-order chi connectivity index (χ0) is 11.3. The topological polar surface area (TPSA) is 53.2 Å². The standard InChI is InChI=1S/C11H12ClNO2/c1-8-2-3-9(6-13)4-11(8)15-7-10(14)5-12/h2-4,10,14H,5,7H2,1H3. The van der Waals surface area contributed by atoms with Gasteiger partial charge in [-0.25, -0.2) is 0 Å². The van der Waals surface area contributed by atoms with Crippen LogP contribution in [0.4, 0.5) is 0 Å². The van der Waals surface area contributed by atoms with Gasteiger partial charge in [-0.05, 0) is 24.6 Å². The summed E-state index contributed by atoms with van der Waals surface area (Å²) in [7, 11) is 0. The highest BCUT2D eigenvalue weighted by atomic mass is 35.5. The lowest BCUT2D eigenvalue weighted by molar-refractivity contribution is 0.125. The largest absolute Gasteiger partial charge is 0.491 e. The van der Waals surface area contributed by atoms with Gasteiger partial charge in [0, 0.05) is 0 Å². The fourth-order valence-corrected chi connectivity index (χ4v) is 1.14. The average molecular weight is 226 g/mol. The van der Waals surface area contributed by atoms with E-state index >= 15 is 0 Å². The number of nitriles is 1. The molecule has 0 aliphatic heterocycles. The molecule has 1 unspecified atom stereocenters. The molecule has 0 amide bonds. The third-order valence-electron chi connectivity index (χ3n) is 1.93. The van der Waals surface area contributed by atoms with Gasteiger partial charge in [-0.3, -0.25) is 0 Å². The lowest BCUT2D eigenvalue weighted by Gasteiger charge is -2.11. The number of rotatable bonds is 4. The van der Waals surface area contributed by atoms with Gasteiger partial charge >= 0.3 is 0 Å². The van der Waals surface area contributed by atoms with Gasteiger partial charge in [0.25, 0.3) is 0 Å². The number of alkyl halides is 1. The van der Waals surface area contributed by atoms with E-state index in [1.165, 1.54) is 0 Å². The number of nitrogens with zero attached hydrogens (tertiary/aromatic N) is 1. The van der Waals surface area contributed by atoms with E-state index in [0.717, 1.165) is 5.56 Å². The van der Waals surface area contributed by atoms with Crippen LogP contribution in [0.25, 0.3) is 0 Å². The first kappa shape index (κ1) is 11.8. The van der Waals surface area contributed by atoms with Crippen molar-refractivity contribution in [2.24, 2.45) is 0 Å². The van der Waals surface area contributed by atoms with Gasteiger partial charge < -0.3 is 9.84 Å². The molecule has 0 spiro atoms. The number of benzene rings is 1. The van der Waals surface area contributed by atoms with E-state index in [4.69, 9.17) is 21.6 Å². The van der Waals surface area contributed by atoms with Gasteiger partial charge in [0.1, 0.15) is 18.5 Å². The van der Waals surface area contributed by atoms with Crippen LogP contribution in [0.1, 0.15) is 11.1 Å². The fraction of sp³-hybridized carbons (Fsp3) is 0.364. The monoisotopic (exact) mass is 225 g/mol. The number of hydrogen-bond acceptors (Lipinski definition) is 3. The predicted octanol–water partition coefficient (Wildman–Crippen LogP) is 1.85. The van der Waals surface area contributed by atoms with Gasteiger partial charge in [0.15, 0.2) is 0 Å². The quantitative estimate of drug-likeness (QED) is 0.796. The summed E-state index contributed by atoms with van der Waals surface area (Å²) in [5.41, 5.74) is 1.46. The molecule has 0 radical (unpaired) electrons. The Morgan fingerprint density at radius 2 is 2.33 bits per heavy atom. The molecule has 0 saturated heterocycles.